The molecule has 0 aliphatic rings. The molecule has 1 unspecified atom stereocenters. The zero-order valence-corrected chi connectivity index (χ0v) is 12.5. The van der Waals surface area contributed by atoms with Gasteiger partial charge in [0.1, 0.15) is 0 Å². The second-order valence-electron chi connectivity index (χ2n) is 5.02. The van der Waals surface area contributed by atoms with Crippen molar-refractivity contribution in [3.8, 4) is 0 Å². The summed E-state index contributed by atoms with van der Waals surface area (Å²) >= 11 is 3.57. The molecule has 2 aromatic rings. The molecule has 0 spiro atoms. The van der Waals surface area contributed by atoms with Crippen molar-refractivity contribution < 1.29 is 9.90 Å². The number of hydrogen-bond acceptors (Lipinski definition) is 2. The van der Waals surface area contributed by atoms with E-state index in [1.54, 1.807) is 6.07 Å². The fourth-order valence-electron chi connectivity index (χ4n) is 2.07. The highest BCUT2D eigenvalue weighted by molar-refractivity contribution is 9.09. The number of rotatable bonds is 4. The number of benzene rings is 1. The molecule has 0 aliphatic heterocycles. The third kappa shape index (κ3) is 3.13. The molecule has 19 heavy (non-hydrogen) atoms. The van der Waals surface area contributed by atoms with E-state index in [0.717, 1.165) is 17.3 Å². The summed E-state index contributed by atoms with van der Waals surface area (Å²) in [5.41, 5.74) is 1.72. The van der Waals surface area contributed by atoms with Gasteiger partial charge in [0.05, 0.1) is 21.6 Å². The summed E-state index contributed by atoms with van der Waals surface area (Å²) in [5.74, 6) is -0.458. The molecular formula is C15H16BrNO2. The SMILES string of the molecule is CC(C)CC(Br)c1nc2ccccc2cc1C(=O)O. The van der Waals surface area contributed by atoms with Crippen LogP contribution in [0.2, 0.25) is 0 Å². The molecule has 1 aromatic heterocycles. The summed E-state index contributed by atoms with van der Waals surface area (Å²) in [6.07, 6.45) is 0.853. The Hall–Kier alpha value is -1.42. The van der Waals surface area contributed by atoms with Crippen molar-refractivity contribution in [3.63, 3.8) is 0 Å². The van der Waals surface area contributed by atoms with Gasteiger partial charge in [0.25, 0.3) is 0 Å². The van der Waals surface area contributed by atoms with Gasteiger partial charge in [-0.05, 0) is 24.5 Å². The van der Waals surface area contributed by atoms with Crippen molar-refractivity contribution in [1.82, 2.24) is 4.98 Å². The van der Waals surface area contributed by atoms with E-state index in [-0.39, 0.29) is 10.4 Å². The largest absolute Gasteiger partial charge is 0.478 e. The monoisotopic (exact) mass is 321 g/mol. The van der Waals surface area contributed by atoms with Crippen LogP contribution in [0.25, 0.3) is 10.9 Å². The zero-order chi connectivity index (χ0) is 14.0. The van der Waals surface area contributed by atoms with Crippen LogP contribution in [0.1, 0.15) is 41.1 Å². The van der Waals surface area contributed by atoms with E-state index in [2.05, 4.69) is 34.8 Å². The average molecular weight is 322 g/mol. The van der Waals surface area contributed by atoms with Crippen LogP contribution in [0.4, 0.5) is 0 Å². The molecule has 4 heteroatoms. The van der Waals surface area contributed by atoms with Gasteiger partial charge >= 0.3 is 5.97 Å². The highest BCUT2D eigenvalue weighted by Crippen LogP contribution is 2.32. The first-order chi connectivity index (χ1) is 8.99. The first kappa shape index (κ1) is 14.0. The summed E-state index contributed by atoms with van der Waals surface area (Å²) < 4.78 is 0. The maximum absolute atomic E-state index is 11.4. The lowest BCUT2D eigenvalue weighted by Crippen LogP contribution is -2.08. The molecule has 100 valence electrons. The number of aromatic carboxylic acids is 1. The Labute approximate surface area is 120 Å². The summed E-state index contributed by atoms with van der Waals surface area (Å²) in [4.78, 5) is 15.9. The topological polar surface area (TPSA) is 50.2 Å². The molecule has 3 nitrogen and oxygen atoms in total. The summed E-state index contributed by atoms with van der Waals surface area (Å²) in [7, 11) is 0. The number of pyridine rings is 1. The van der Waals surface area contributed by atoms with Crippen LogP contribution in [0.5, 0.6) is 0 Å². The smallest absolute Gasteiger partial charge is 0.337 e. The normalized spacial score (nSPS) is 12.8. The Morgan fingerprint density at radius 3 is 2.68 bits per heavy atom. The lowest BCUT2D eigenvalue weighted by Gasteiger charge is -2.15. The van der Waals surface area contributed by atoms with Gasteiger partial charge in [0.2, 0.25) is 0 Å². The number of hydrogen-bond donors (Lipinski definition) is 1. The lowest BCUT2D eigenvalue weighted by atomic mass is 10.0. The molecule has 0 aliphatic carbocycles. The third-order valence-corrected chi connectivity index (χ3v) is 3.77. The summed E-state index contributed by atoms with van der Waals surface area (Å²) in [6, 6.07) is 9.28. The minimum absolute atomic E-state index is 0.0387. The van der Waals surface area contributed by atoms with Gasteiger partial charge in [-0.3, -0.25) is 4.98 Å². The first-order valence-electron chi connectivity index (χ1n) is 6.26. The van der Waals surface area contributed by atoms with Crippen molar-refractivity contribution in [2.75, 3.05) is 0 Å². The van der Waals surface area contributed by atoms with E-state index in [4.69, 9.17) is 0 Å². The second kappa shape index (κ2) is 5.70. The van der Waals surface area contributed by atoms with E-state index < -0.39 is 5.97 Å². The molecule has 0 amide bonds. The van der Waals surface area contributed by atoms with Gasteiger partial charge in [-0.15, -0.1) is 0 Å². The predicted molar refractivity (Wildman–Crippen MR) is 79.8 cm³/mol. The van der Waals surface area contributed by atoms with Crippen molar-refractivity contribution in [2.24, 2.45) is 5.92 Å². The van der Waals surface area contributed by atoms with Crippen LogP contribution < -0.4 is 0 Å². The van der Waals surface area contributed by atoms with E-state index in [9.17, 15) is 9.90 Å². The van der Waals surface area contributed by atoms with Crippen LogP contribution >= 0.6 is 15.9 Å². The van der Waals surface area contributed by atoms with Crippen LogP contribution in [-0.2, 0) is 0 Å². The molecule has 0 radical (unpaired) electrons. The van der Waals surface area contributed by atoms with Crippen molar-refractivity contribution >= 4 is 32.8 Å². The molecule has 1 N–H and O–H groups in total. The molecule has 1 aromatic carbocycles. The van der Waals surface area contributed by atoms with E-state index in [1.807, 2.05) is 24.3 Å². The highest BCUT2D eigenvalue weighted by Gasteiger charge is 2.20. The summed E-state index contributed by atoms with van der Waals surface area (Å²) in [6.45, 7) is 4.21. The standard InChI is InChI=1S/C15H16BrNO2/c1-9(2)7-12(16)14-11(15(18)19)8-10-5-3-4-6-13(10)17-14/h3-6,8-9,12H,7H2,1-2H3,(H,18,19). The van der Waals surface area contributed by atoms with Crippen molar-refractivity contribution in [3.05, 3.63) is 41.6 Å². The maximum atomic E-state index is 11.4. The van der Waals surface area contributed by atoms with Gasteiger partial charge in [0.15, 0.2) is 0 Å². The molecule has 0 fully saturated rings. The zero-order valence-electron chi connectivity index (χ0n) is 10.9. The minimum atomic E-state index is -0.929. The Balaban J connectivity index is 2.56. The number of halogens is 1. The van der Waals surface area contributed by atoms with Gasteiger partial charge in [-0.1, -0.05) is 48.0 Å². The molecule has 2 rings (SSSR count). The lowest BCUT2D eigenvalue weighted by molar-refractivity contribution is 0.0695. The Bertz CT molecular complexity index is 610. The number of alkyl halides is 1. The van der Waals surface area contributed by atoms with Crippen molar-refractivity contribution in [2.45, 2.75) is 25.1 Å². The Morgan fingerprint density at radius 1 is 1.37 bits per heavy atom. The fourth-order valence-corrected chi connectivity index (χ4v) is 3.16. The van der Waals surface area contributed by atoms with Gasteiger partial charge in [0, 0.05) is 5.39 Å². The minimum Gasteiger partial charge on any atom is -0.478 e. The van der Waals surface area contributed by atoms with E-state index in [1.165, 1.54) is 0 Å². The molecular weight excluding hydrogens is 306 g/mol. The number of carboxylic acids is 1. The Morgan fingerprint density at radius 2 is 2.05 bits per heavy atom. The number of carbonyl (C=O) groups is 1. The quantitative estimate of drug-likeness (QED) is 0.848. The number of carboxylic acid groups (broad SMARTS) is 1. The van der Waals surface area contributed by atoms with Gasteiger partial charge in [-0.2, -0.15) is 0 Å². The van der Waals surface area contributed by atoms with Crippen LogP contribution in [0, 0.1) is 5.92 Å². The predicted octanol–water partition coefficient (Wildman–Crippen LogP) is 4.42. The van der Waals surface area contributed by atoms with Crippen LogP contribution in [0.3, 0.4) is 0 Å². The molecule has 0 bridgehead atoms. The first-order valence-corrected chi connectivity index (χ1v) is 7.17. The Kier molecular flexibility index (Phi) is 4.20. The summed E-state index contributed by atoms with van der Waals surface area (Å²) in [5, 5.41) is 10.2. The molecule has 1 atom stereocenters. The highest BCUT2D eigenvalue weighted by atomic mass is 79.9. The van der Waals surface area contributed by atoms with Gasteiger partial charge in [-0.25, -0.2) is 4.79 Å². The average Bonchev–Trinajstić information content (AvgIpc) is 2.36. The van der Waals surface area contributed by atoms with E-state index >= 15 is 0 Å². The second-order valence-corrected chi connectivity index (χ2v) is 6.12. The van der Waals surface area contributed by atoms with Gasteiger partial charge < -0.3 is 5.11 Å². The maximum Gasteiger partial charge on any atom is 0.337 e. The van der Waals surface area contributed by atoms with E-state index in [0.29, 0.717) is 11.6 Å². The number of para-hydroxylation sites is 1. The number of aromatic nitrogens is 1. The van der Waals surface area contributed by atoms with Crippen molar-refractivity contribution in [1.29, 1.82) is 0 Å². The number of nitrogens with zero attached hydrogens (tertiary/aromatic N) is 1. The molecule has 0 saturated carbocycles. The molecule has 1 heterocycles. The van der Waals surface area contributed by atoms with Crippen LogP contribution in [0.15, 0.2) is 30.3 Å². The van der Waals surface area contributed by atoms with Crippen LogP contribution in [-0.4, -0.2) is 16.1 Å². The third-order valence-electron chi connectivity index (χ3n) is 2.96. The molecule has 0 saturated heterocycles. The fraction of sp³-hybridized carbons (Fsp3) is 0.333. The number of fused-ring (bicyclic) bond motifs is 1.